The number of benzene rings is 1. The third-order valence-electron chi connectivity index (χ3n) is 2.40. The van der Waals surface area contributed by atoms with Crippen molar-refractivity contribution >= 4 is 11.4 Å². The normalized spacial score (nSPS) is 10.1. The van der Waals surface area contributed by atoms with E-state index in [4.69, 9.17) is 9.15 Å². The van der Waals surface area contributed by atoms with Crippen LogP contribution in [0.1, 0.15) is 5.76 Å². The molecule has 0 radical (unpaired) electrons. The Morgan fingerprint density at radius 1 is 1.39 bits per heavy atom. The Morgan fingerprint density at radius 3 is 2.83 bits per heavy atom. The van der Waals surface area contributed by atoms with Gasteiger partial charge in [-0.25, -0.2) is 0 Å². The molecule has 1 aromatic heterocycles. The first-order chi connectivity index (χ1) is 8.72. The Balaban J connectivity index is 2.24. The minimum atomic E-state index is -0.469. The predicted octanol–water partition coefficient (Wildman–Crippen LogP) is 2.81. The molecule has 0 aliphatic heterocycles. The highest BCUT2D eigenvalue weighted by Gasteiger charge is 2.20. The van der Waals surface area contributed by atoms with Crippen molar-refractivity contribution in [2.75, 3.05) is 12.4 Å². The smallest absolute Gasteiger partial charge is 0.333 e. The van der Waals surface area contributed by atoms with E-state index in [1.54, 1.807) is 37.4 Å². The molecule has 0 aliphatic rings. The summed E-state index contributed by atoms with van der Waals surface area (Å²) in [4.78, 5) is 10.6. The van der Waals surface area contributed by atoms with Crippen LogP contribution < -0.4 is 10.1 Å². The van der Waals surface area contributed by atoms with Gasteiger partial charge in [0, 0.05) is 7.05 Å². The van der Waals surface area contributed by atoms with Gasteiger partial charge < -0.3 is 14.5 Å². The molecule has 0 spiro atoms. The molecule has 0 saturated carbocycles. The van der Waals surface area contributed by atoms with Crippen molar-refractivity contribution in [3.63, 3.8) is 0 Å². The van der Waals surface area contributed by atoms with E-state index < -0.39 is 4.92 Å². The molecular formula is C12H12N2O4. The van der Waals surface area contributed by atoms with Gasteiger partial charge in [0.05, 0.1) is 11.2 Å². The van der Waals surface area contributed by atoms with Crippen molar-refractivity contribution in [1.82, 2.24) is 0 Å². The number of nitrogens with zero attached hydrogens (tertiary/aromatic N) is 1. The minimum Gasteiger partial charge on any atom is -0.479 e. The van der Waals surface area contributed by atoms with Gasteiger partial charge in [0.1, 0.15) is 18.1 Å². The number of ether oxygens (including phenoxy) is 1. The fraction of sp³-hybridized carbons (Fsp3) is 0.167. The Labute approximate surface area is 103 Å². The number of hydrogen-bond donors (Lipinski definition) is 1. The van der Waals surface area contributed by atoms with Crippen molar-refractivity contribution < 1.29 is 14.1 Å². The lowest BCUT2D eigenvalue weighted by atomic mass is 10.2. The average Bonchev–Trinajstić information content (AvgIpc) is 2.88. The topological polar surface area (TPSA) is 77.5 Å². The maximum Gasteiger partial charge on any atom is 0.333 e. The first-order valence-electron chi connectivity index (χ1n) is 5.32. The molecule has 0 unspecified atom stereocenters. The van der Waals surface area contributed by atoms with Gasteiger partial charge in [-0.1, -0.05) is 6.07 Å². The van der Waals surface area contributed by atoms with Crippen molar-refractivity contribution in [1.29, 1.82) is 0 Å². The van der Waals surface area contributed by atoms with Crippen LogP contribution >= 0.6 is 0 Å². The fourth-order valence-electron chi connectivity index (χ4n) is 1.57. The number of rotatable bonds is 5. The molecule has 0 aliphatic carbocycles. The van der Waals surface area contributed by atoms with Crippen molar-refractivity contribution in [3.8, 4) is 5.75 Å². The second-order valence-electron chi connectivity index (χ2n) is 3.53. The lowest BCUT2D eigenvalue weighted by molar-refractivity contribution is -0.385. The summed E-state index contributed by atoms with van der Waals surface area (Å²) >= 11 is 0. The van der Waals surface area contributed by atoms with Crippen LogP contribution in [-0.2, 0) is 6.61 Å². The SMILES string of the molecule is CNc1cccc(OCc2ccco2)c1[N+](=O)[O-]. The Kier molecular flexibility index (Phi) is 3.47. The molecule has 6 heteroatoms. The number of nitrogens with one attached hydrogen (secondary N) is 1. The van der Waals surface area contributed by atoms with Gasteiger partial charge in [0.2, 0.25) is 0 Å². The molecule has 0 amide bonds. The molecule has 18 heavy (non-hydrogen) atoms. The quantitative estimate of drug-likeness (QED) is 0.650. The van der Waals surface area contributed by atoms with Crippen molar-refractivity contribution in [3.05, 3.63) is 52.5 Å². The van der Waals surface area contributed by atoms with Gasteiger partial charge >= 0.3 is 5.69 Å². The Morgan fingerprint density at radius 2 is 2.22 bits per heavy atom. The van der Waals surface area contributed by atoms with Gasteiger partial charge in [-0.3, -0.25) is 10.1 Å². The summed E-state index contributed by atoms with van der Waals surface area (Å²) in [6.07, 6.45) is 1.52. The summed E-state index contributed by atoms with van der Waals surface area (Å²) in [5.74, 6) is 0.822. The first-order valence-corrected chi connectivity index (χ1v) is 5.32. The summed E-state index contributed by atoms with van der Waals surface area (Å²) in [6.45, 7) is 0.154. The lowest BCUT2D eigenvalue weighted by Gasteiger charge is -2.08. The lowest BCUT2D eigenvalue weighted by Crippen LogP contribution is -2.01. The molecule has 94 valence electrons. The summed E-state index contributed by atoms with van der Waals surface area (Å²) < 4.78 is 10.5. The van der Waals surface area contributed by atoms with Crippen LogP contribution in [0, 0.1) is 10.1 Å². The zero-order valence-electron chi connectivity index (χ0n) is 9.75. The number of hydrogen-bond acceptors (Lipinski definition) is 5. The molecule has 1 aromatic carbocycles. The highest BCUT2D eigenvalue weighted by Crippen LogP contribution is 2.34. The Bertz CT molecular complexity index is 537. The van der Waals surface area contributed by atoms with Crippen LogP contribution in [0.15, 0.2) is 41.0 Å². The third kappa shape index (κ3) is 2.42. The molecule has 1 N–H and O–H groups in total. The molecule has 0 atom stereocenters. The number of nitro benzene ring substituents is 1. The van der Waals surface area contributed by atoms with E-state index in [-0.39, 0.29) is 18.0 Å². The molecular weight excluding hydrogens is 236 g/mol. The zero-order chi connectivity index (χ0) is 13.0. The maximum absolute atomic E-state index is 11.0. The van der Waals surface area contributed by atoms with Crippen LogP contribution in [-0.4, -0.2) is 12.0 Å². The highest BCUT2D eigenvalue weighted by molar-refractivity contribution is 5.68. The average molecular weight is 248 g/mol. The summed E-state index contributed by atoms with van der Waals surface area (Å²) in [5, 5.41) is 13.8. The van der Waals surface area contributed by atoms with Crippen LogP contribution in [0.2, 0.25) is 0 Å². The number of anilines is 1. The van der Waals surface area contributed by atoms with Crippen LogP contribution in [0.3, 0.4) is 0 Å². The second kappa shape index (κ2) is 5.22. The number of furan rings is 1. The van der Waals surface area contributed by atoms with E-state index in [2.05, 4.69) is 5.32 Å². The molecule has 1 heterocycles. The van der Waals surface area contributed by atoms with E-state index in [0.29, 0.717) is 11.4 Å². The zero-order valence-corrected chi connectivity index (χ0v) is 9.75. The van der Waals surface area contributed by atoms with Crippen LogP contribution in [0.4, 0.5) is 11.4 Å². The second-order valence-corrected chi connectivity index (χ2v) is 3.53. The van der Waals surface area contributed by atoms with Gasteiger partial charge in [-0.05, 0) is 24.3 Å². The largest absolute Gasteiger partial charge is 0.479 e. The summed E-state index contributed by atoms with van der Waals surface area (Å²) in [7, 11) is 1.62. The molecule has 0 fully saturated rings. The van der Waals surface area contributed by atoms with E-state index >= 15 is 0 Å². The predicted molar refractivity (Wildman–Crippen MR) is 65.7 cm³/mol. The van der Waals surface area contributed by atoms with Gasteiger partial charge in [-0.2, -0.15) is 0 Å². The third-order valence-corrected chi connectivity index (χ3v) is 2.40. The Hall–Kier alpha value is -2.50. The minimum absolute atomic E-state index is 0.0773. The van der Waals surface area contributed by atoms with E-state index in [0.717, 1.165) is 0 Å². The van der Waals surface area contributed by atoms with E-state index in [1.165, 1.54) is 6.26 Å². The molecule has 2 rings (SSSR count). The summed E-state index contributed by atoms with van der Waals surface area (Å²) in [6, 6.07) is 8.35. The van der Waals surface area contributed by atoms with Crippen LogP contribution in [0.25, 0.3) is 0 Å². The molecule has 0 bridgehead atoms. The number of nitro groups is 1. The summed E-state index contributed by atoms with van der Waals surface area (Å²) in [5.41, 5.74) is 0.337. The van der Waals surface area contributed by atoms with E-state index in [9.17, 15) is 10.1 Å². The van der Waals surface area contributed by atoms with E-state index in [1.807, 2.05) is 0 Å². The molecule has 2 aromatic rings. The van der Waals surface area contributed by atoms with Crippen molar-refractivity contribution in [2.24, 2.45) is 0 Å². The molecule has 0 saturated heterocycles. The molecule has 6 nitrogen and oxygen atoms in total. The van der Waals surface area contributed by atoms with Crippen molar-refractivity contribution in [2.45, 2.75) is 6.61 Å². The maximum atomic E-state index is 11.0. The highest BCUT2D eigenvalue weighted by atomic mass is 16.6. The fourth-order valence-corrected chi connectivity index (χ4v) is 1.57. The standard InChI is InChI=1S/C12H12N2O4/c1-13-10-5-2-6-11(12(10)14(15)16)18-8-9-4-3-7-17-9/h2-7,13H,8H2,1H3. The van der Waals surface area contributed by atoms with Gasteiger partial charge in [-0.15, -0.1) is 0 Å². The monoisotopic (exact) mass is 248 g/mol. The number of para-hydroxylation sites is 1. The van der Waals surface area contributed by atoms with Crippen LogP contribution in [0.5, 0.6) is 5.75 Å². The van der Waals surface area contributed by atoms with Gasteiger partial charge in [0.25, 0.3) is 0 Å². The first kappa shape index (κ1) is 12.0. The van der Waals surface area contributed by atoms with Gasteiger partial charge in [0.15, 0.2) is 5.75 Å².